The Kier molecular flexibility index (Phi) is 5.67. The molecule has 4 aromatic carbocycles. The Morgan fingerprint density at radius 2 is 1.20 bits per heavy atom. The molecule has 2 aromatic heterocycles. The highest BCUT2D eigenvalue weighted by atomic mass is 16.7. The van der Waals surface area contributed by atoms with E-state index in [4.69, 9.17) is 23.7 Å². The number of hydrogen-bond donors (Lipinski definition) is 0. The van der Waals surface area contributed by atoms with Crippen molar-refractivity contribution in [3.63, 3.8) is 0 Å². The number of furan rings is 1. The summed E-state index contributed by atoms with van der Waals surface area (Å²) in [5, 5.41) is 1.95. The van der Waals surface area contributed by atoms with Gasteiger partial charge < -0.3 is 13.7 Å². The van der Waals surface area contributed by atoms with E-state index >= 15 is 0 Å². The number of aromatic nitrogens is 2. The summed E-state index contributed by atoms with van der Waals surface area (Å²) >= 11 is 0. The van der Waals surface area contributed by atoms with E-state index in [0.29, 0.717) is 5.82 Å². The van der Waals surface area contributed by atoms with Gasteiger partial charge in [-0.3, -0.25) is 0 Å². The number of fused-ring (bicyclic) bond motifs is 3. The van der Waals surface area contributed by atoms with E-state index in [1.807, 2.05) is 60.7 Å². The van der Waals surface area contributed by atoms with E-state index < -0.39 is 18.3 Å². The molecule has 0 bridgehead atoms. The lowest BCUT2D eigenvalue weighted by molar-refractivity contribution is 0.00578. The Bertz CT molecular complexity index is 1790. The molecule has 1 aliphatic rings. The fourth-order valence-corrected chi connectivity index (χ4v) is 5.29. The highest BCUT2D eigenvalue weighted by Crippen LogP contribution is 2.40. The van der Waals surface area contributed by atoms with Crippen molar-refractivity contribution >= 4 is 34.5 Å². The van der Waals surface area contributed by atoms with Crippen molar-refractivity contribution in [2.24, 2.45) is 0 Å². The van der Waals surface area contributed by atoms with Gasteiger partial charge in [-0.2, -0.15) is 0 Å². The van der Waals surface area contributed by atoms with Crippen molar-refractivity contribution in [1.29, 1.82) is 0 Å². The van der Waals surface area contributed by atoms with Gasteiger partial charge in [0.2, 0.25) is 0 Å². The summed E-state index contributed by atoms with van der Waals surface area (Å²) in [5.74, 6) is 0.648. The number of rotatable bonds is 4. The topological polar surface area (TPSA) is 57.4 Å². The summed E-state index contributed by atoms with van der Waals surface area (Å²) in [5.41, 5.74) is 6.23. The van der Waals surface area contributed by atoms with Gasteiger partial charge in [0, 0.05) is 32.9 Å². The number of hydrogen-bond acceptors (Lipinski definition) is 5. The SMILES string of the molecule is CC1(C)OB(c2cccc3c2oc2cccc(-c4nc(-c5ccccc5)cc(-c5ccccc5)n4)c23)OC1(C)C. The summed E-state index contributed by atoms with van der Waals surface area (Å²) in [4.78, 5) is 10.1. The molecule has 0 radical (unpaired) electrons. The number of nitrogens with zero attached hydrogens (tertiary/aromatic N) is 2. The summed E-state index contributed by atoms with van der Waals surface area (Å²) < 4.78 is 19.3. The first kappa shape index (κ1) is 24.8. The molecule has 3 heterocycles. The molecule has 196 valence electrons. The fraction of sp³-hybridized carbons (Fsp3) is 0.176. The van der Waals surface area contributed by atoms with Gasteiger partial charge in [0.15, 0.2) is 5.82 Å². The molecule has 1 aliphatic heterocycles. The molecular formula is C34H29BN2O3. The monoisotopic (exact) mass is 524 g/mol. The first-order chi connectivity index (χ1) is 19.3. The van der Waals surface area contributed by atoms with Crippen LogP contribution >= 0.6 is 0 Å². The minimum Gasteiger partial charge on any atom is -0.456 e. The quantitative estimate of drug-likeness (QED) is 0.222. The highest BCUT2D eigenvalue weighted by molar-refractivity contribution is 6.65. The molecule has 0 spiro atoms. The van der Waals surface area contributed by atoms with Crippen LogP contribution < -0.4 is 5.46 Å². The smallest absolute Gasteiger partial charge is 0.456 e. The van der Waals surface area contributed by atoms with E-state index in [9.17, 15) is 0 Å². The summed E-state index contributed by atoms with van der Waals surface area (Å²) in [7, 11) is -0.528. The van der Waals surface area contributed by atoms with E-state index in [2.05, 4.69) is 70.2 Å². The molecular weight excluding hydrogens is 495 g/mol. The zero-order valence-electron chi connectivity index (χ0n) is 23.0. The molecule has 7 rings (SSSR count). The zero-order valence-corrected chi connectivity index (χ0v) is 23.0. The van der Waals surface area contributed by atoms with Crippen LogP contribution in [0.5, 0.6) is 0 Å². The average molecular weight is 524 g/mol. The first-order valence-corrected chi connectivity index (χ1v) is 13.6. The maximum absolute atomic E-state index is 6.51. The van der Waals surface area contributed by atoms with Crippen molar-refractivity contribution in [1.82, 2.24) is 9.97 Å². The van der Waals surface area contributed by atoms with Crippen LogP contribution in [0, 0.1) is 0 Å². The third-order valence-corrected chi connectivity index (χ3v) is 8.17. The van der Waals surface area contributed by atoms with Gasteiger partial charge in [0.05, 0.1) is 22.6 Å². The largest absolute Gasteiger partial charge is 0.498 e. The minimum absolute atomic E-state index is 0.448. The van der Waals surface area contributed by atoms with Gasteiger partial charge in [-0.15, -0.1) is 0 Å². The standard InChI is InChI=1S/C34H29BN2O3/c1-33(2)34(3,4)40-35(39-33)26-19-11-17-24-30-25(18-12-20-29(30)38-31(24)26)32-36-27(22-13-7-5-8-14-22)21-28(37-32)23-15-9-6-10-16-23/h5-21H,1-4H3. The lowest BCUT2D eigenvalue weighted by Crippen LogP contribution is -2.41. The van der Waals surface area contributed by atoms with Gasteiger partial charge in [-0.05, 0) is 39.8 Å². The Morgan fingerprint density at radius 1 is 0.625 bits per heavy atom. The molecule has 5 nitrogen and oxygen atoms in total. The first-order valence-electron chi connectivity index (χ1n) is 13.6. The van der Waals surface area contributed by atoms with Crippen molar-refractivity contribution in [2.75, 3.05) is 0 Å². The second kappa shape index (κ2) is 9.15. The Balaban J connectivity index is 1.44. The molecule has 1 fully saturated rings. The van der Waals surface area contributed by atoms with Crippen molar-refractivity contribution in [3.05, 3.63) is 103 Å². The molecule has 1 saturated heterocycles. The lowest BCUT2D eigenvalue weighted by atomic mass is 9.78. The van der Waals surface area contributed by atoms with Gasteiger partial charge >= 0.3 is 7.12 Å². The molecule has 0 amide bonds. The van der Waals surface area contributed by atoms with E-state index in [-0.39, 0.29) is 0 Å². The predicted octanol–water partition coefficient (Wildman–Crippen LogP) is 7.68. The number of benzene rings is 4. The van der Waals surface area contributed by atoms with Gasteiger partial charge in [-0.1, -0.05) is 91.0 Å². The number of para-hydroxylation sites is 1. The Labute approximate surface area is 234 Å². The second-order valence-corrected chi connectivity index (χ2v) is 11.3. The van der Waals surface area contributed by atoms with Crippen molar-refractivity contribution in [3.8, 4) is 33.9 Å². The lowest BCUT2D eigenvalue weighted by Gasteiger charge is -2.32. The molecule has 0 atom stereocenters. The van der Waals surface area contributed by atoms with Crippen LogP contribution in [0.4, 0.5) is 0 Å². The van der Waals surface area contributed by atoms with Crippen LogP contribution in [0.2, 0.25) is 0 Å². The molecule has 40 heavy (non-hydrogen) atoms. The van der Waals surface area contributed by atoms with Crippen LogP contribution in [0.15, 0.2) is 108 Å². The molecule has 0 aliphatic carbocycles. The summed E-state index contributed by atoms with van der Waals surface area (Å²) in [6, 6.07) is 34.7. The van der Waals surface area contributed by atoms with Crippen LogP contribution in [0.1, 0.15) is 27.7 Å². The van der Waals surface area contributed by atoms with E-state index in [1.165, 1.54) is 0 Å². The Morgan fingerprint density at radius 3 is 1.80 bits per heavy atom. The van der Waals surface area contributed by atoms with E-state index in [1.54, 1.807) is 0 Å². The highest BCUT2D eigenvalue weighted by Gasteiger charge is 2.52. The molecule has 0 unspecified atom stereocenters. The van der Waals surface area contributed by atoms with Gasteiger partial charge in [-0.25, -0.2) is 9.97 Å². The second-order valence-electron chi connectivity index (χ2n) is 11.3. The fourth-order valence-electron chi connectivity index (χ4n) is 5.29. The van der Waals surface area contributed by atoms with Gasteiger partial charge in [0.1, 0.15) is 11.2 Å². The van der Waals surface area contributed by atoms with Crippen molar-refractivity contribution in [2.45, 2.75) is 38.9 Å². The molecule has 6 aromatic rings. The van der Waals surface area contributed by atoms with Crippen LogP contribution in [0.25, 0.3) is 55.8 Å². The molecule has 0 saturated carbocycles. The van der Waals surface area contributed by atoms with Crippen LogP contribution in [0.3, 0.4) is 0 Å². The normalized spacial score (nSPS) is 16.1. The minimum atomic E-state index is -0.528. The summed E-state index contributed by atoms with van der Waals surface area (Å²) in [6.45, 7) is 8.24. The predicted molar refractivity (Wildman–Crippen MR) is 161 cm³/mol. The van der Waals surface area contributed by atoms with Crippen LogP contribution in [-0.4, -0.2) is 28.3 Å². The van der Waals surface area contributed by atoms with Crippen LogP contribution in [-0.2, 0) is 9.31 Å². The van der Waals surface area contributed by atoms with Gasteiger partial charge in [0.25, 0.3) is 0 Å². The molecule has 6 heteroatoms. The maximum Gasteiger partial charge on any atom is 0.498 e. The van der Waals surface area contributed by atoms with E-state index in [0.717, 1.165) is 55.5 Å². The third kappa shape index (κ3) is 4.03. The zero-order chi connectivity index (χ0) is 27.5. The maximum atomic E-state index is 6.51. The molecule has 0 N–H and O–H groups in total. The van der Waals surface area contributed by atoms with Crippen molar-refractivity contribution < 1.29 is 13.7 Å². The summed E-state index contributed by atoms with van der Waals surface area (Å²) in [6.07, 6.45) is 0. The third-order valence-electron chi connectivity index (χ3n) is 8.17. The average Bonchev–Trinajstić information content (AvgIpc) is 3.46. The Hall–Kier alpha value is -4.26.